The lowest BCUT2D eigenvalue weighted by molar-refractivity contribution is -0.111. The quantitative estimate of drug-likeness (QED) is 0.560. The van der Waals surface area contributed by atoms with Crippen molar-refractivity contribution in [3.05, 3.63) is 47.9 Å². The highest BCUT2D eigenvalue weighted by molar-refractivity contribution is 5.72. The van der Waals surface area contributed by atoms with E-state index >= 15 is 0 Å². The van der Waals surface area contributed by atoms with Crippen LogP contribution in [0.1, 0.15) is 18.4 Å². The van der Waals surface area contributed by atoms with E-state index < -0.39 is 11.4 Å². The summed E-state index contributed by atoms with van der Waals surface area (Å²) in [6, 6.07) is 6.12. The van der Waals surface area contributed by atoms with Gasteiger partial charge in [-0.25, -0.2) is 9.37 Å². The molecule has 1 aromatic heterocycles. The zero-order valence-electron chi connectivity index (χ0n) is 17.4. The molecule has 2 aromatic rings. The first-order valence-electron chi connectivity index (χ1n) is 10.2. The van der Waals surface area contributed by atoms with E-state index in [0.717, 1.165) is 49.9 Å². The van der Waals surface area contributed by atoms with Crippen LogP contribution in [0.4, 0.5) is 27.5 Å². The van der Waals surface area contributed by atoms with Crippen LogP contribution in [0.3, 0.4) is 0 Å². The Bertz CT molecular complexity index is 947. The molecule has 0 atom stereocenters. The highest BCUT2D eigenvalue weighted by Crippen LogP contribution is 2.29. The van der Waals surface area contributed by atoms with Gasteiger partial charge < -0.3 is 25.2 Å². The van der Waals surface area contributed by atoms with Crippen LogP contribution in [-0.4, -0.2) is 59.9 Å². The van der Waals surface area contributed by atoms with E-state index in [4.69, 9.17) is 0 Å². The maximum absolute atomic E-state index is 14.3. The molecule has 0 bridgehead atoms. The van der Waals surface area contributed by atoms with Crippen molar-refractivity contribution in [2.75, 3.05) is 48.8 Å². The van der Waals surface area contributed by atoms with Gasteiger partial charge in [-0.2, -0.15) is 4.98 Å². The molecule has 30 heavy (non-hydrogen) atoms. The number of piperazine rings is 1. The van der Waals surface area contributed by atoms with Crippen molar-refractivity contribution in [2.24, 2.45) is 0 Å². The van der Waals surface area contributed by atoms with Crippen LogP contribution in [0, 0.1) is 12.7 Å². The molecule has 0 unspecified atom stereocenters. The van der Waals surface area contributed by atoms with Gasteiger partial charge in [-0.05, 0) is 50.6 Å². The second-order valence-corrected chi connectivity index (χ2v) is 8.09. The summed E-state index contributed by atoms with van der Waals surface area (Å²) in [5, 5.41) is 6.10. The van der Waals surface area contributed by atoms with E-state index in [9.17, 15) is 9.18 Å². The van der Waals surface area contributed by atoms with E-state index in [-0.39, 0.29) is 11.8 Å². The van der Waals surface area contributed by atoms with Gasteiger partial charge in [-0.15, -0.1) is 0 Å². The molecule has 4 rings (SSSR count). The molecule has 1 saturated heterocycles. The molecule has 7 nitrogen and oxygen atoms in total. The van der Waals surface area contributed by atoms with Gasteiger partial charge in [0.15, 0.2) is 11.6 Å². The van der Waals surface area contributed by atoms with Crippen molar-refractivity contribution < 1.29 is 9.18 Å². The molecule has 2 N–H and O–H groups in total. The molecular weight excluding hydrogens is 383 g/mol. The smallest absolute Gasteiger partial charge is 0.229 e. The number of aryl methyl sites for hydroxylation is 1. The van der Waals surface area contributed by atoms with Crippen LogP contribution < -0.4 is 15.5 Å². The minimum Gasteiger partial charge on any atom is -0.369 e. The van der Waals surface area contributed by atoms with Gasteiger partial charge in [0.2, 0.25) is 5.95 Å². The SMILES string of the molecule is Cc1cc(Nc2ncc(F)c(NC3(C=O)CC=CC3)n2)ccc1N1CCN(C)CC1. The van der Waals surface area contributed by atoms with Crippen LogP contribution in [0.25, 0.3) is 0 Å². The number of anilines is 4. The third-order valence-electron chi connectivity index (χ3n) is 5.76. The van der Waals surface area contributed by atoms with Gasteiger partial charge in [0.25, 0.3) is 0 Å². The van der Waals surface area contributed by atoms with Gasteiger partial charge >= 0.3 is 0 Å². The second-order valence-electron chi connectivity index (χ2n) is 8.09. The summed E-state index contributed by atoms with van der Waals surface area (Å²) in [5.74, 6) is -0.290. The number of nitrogens with zero attached hydrogens (tertiary/aromatic N) is 4. The fourth-order valence-corrected chi connectivity index (χ4v) is 3.91. The van der Waals surface area contributed by atoms with Crippen molar-refractivity contribution in [3.8, 4) is 0 Å². The fourth-order valence-electron chi connectivity index (χ4n) is 3.91. The van der Waals surface area contributed by atoms with Gasteiger partial charge in [-0.1, -0.05) is 12.2 Å². The Balaban J connectivity index is 1.49. The first kappa shape index (κ1) is 20.3. The molecule has 1 aliphatic heterocycles. The number of nitrogens with one attached hydrogen (secondary N) is 2. The summed E-state index contributed by atoms with van der Waals surface area (Å²) >= 11 is 0. The van der Waals surface area contributed by atoms with Gasteiger partial charge in [0, 0.05) is 37.6 Å². The molecule has 158 valence electrons. The zero-order valence-corrected chi connectivity index (χ0v) is 17.4. The minimum atomic E-state index is -0.840. The summed E-state index contributed by atoms with van der Waals surface area (Å²) in [4.78, 5) is 24.6. The number of hydrogen-bond acceptors (Lipinski definition) is 7. The van der Waals surface area contributed by atoms with Crippen LogP contribution in [0.2, 0.25) is 0 Å². The predicted octanol–water partition coefficient (Wildman–Crippen LogP) is 3.12. The van der Waals surface area contributed by atoms with Crippen LogP contribution in [0.15, 0.2) is 36.5 Å². The maximum Gasteiger partial charge on any atom is 0.229 e. The first-order chi connectivity index (χ1) is 14.5. The zero-order chi connectivity index (χ0) is 21.1. The highest BCUT2D eigenvalue weighted by atomic mass is 19.1. The lowest BCUT2D eigenvalue weighted by Crippen LogP contribution is -2.44. The highest BCUT2D eigenvalue weighted by Gasteiger charge is 2.31. The summed E-state index contributed by atoms with van der Waals surface area (Å²) < 4.78 is 14.3. The summed E-state index contributed by atoms with van der Waals surface area (Å²) in [5.41, 5.74) is 2.36. The standard InChI is InChI=1S/C22H27FN6O/c1-16-13-17(5-6-19(16)29-11-9-28(2)10-12-29)25-21-24-14-18(23)20(26-21)27-22(15-30)7-3-4-8-22/h3-6,13-15H,7-12H2,1-2H3,(H2,24,25,26,27). The second kappa shape index (κ2) is 8.39. The molecule has 2 heterocycles. The van der Waals surface area contributed by atoms with Crippen LogP contribution >= 0.6 is 0 Å². The molecule has 8 heteroatoms. The molecule has 1 fully saturated rings. The van der Waals surface area contributed by atoms with E-state index in [1.54, 1.807) is 0 Å². The van der Waals surface area contributed by atoms with Crippen molar-refractivity contribution in [3.63, 3.8) is 0 Å². The average molecular weight is 410 g/mol. The Morgan fingerprint density at radius 2 is 1.90 bits per heavy atom. The monoisotopic (exact) mass is 410 g/mol. The Hall–Kier alpha value is -3.00. The van der Waals surface area contributed by atoms with Gasteiger partial charge in [0.1, 0.15) is 11.8 Å². The van der Waals surface area contributed by atoms with E-state index in [2.05, 4.69) is 50.4 Å². The van der Waals surface area contributed by atoms with Gasteiger partial charge in [-0.3, -0.25) is 0 Å². The predicted molar refractivity (Wildman–Crippen MR) is 117 cm³/mol. The number of aldehydes is 1. The number of hydrogen-bond donors (Lipinski definition) is 2. The molecule has 0 spiro atoms. The molecule has 0 saturated carbocycles. The number of carbonyl (C=O) groups is 1. The number of rotatable bonds is 6. The molecule has 0 amide bonds. The summed E-state index contributed by atoms with van der Waals surface area (Å²) in [6.07, 6.45) is 6.77. The molecule has 1 aliphatic carbocycles. The Kier molecular flexibility index (Phi) is 5.67. The van der Waals surface area contributed by atoms with Crippen molar-refractivity contribution in [2.45, 2.75) is 25.3 Å². The van der Waals surface area contributed by atoms with Crippen LogP contribution in [0.5, 0.6) is 0 Å². The van der Waals surface area contributed by atoms with Crippen LogP contribution in [-0.2, 0) is 4.79 Å². The van der Waals surface area contributed by atoms with E-state index in [0.29, 0.717) is 12.8 Å². The van der Waals surface area contributed by atoms with Crippen molar-refractivity contribution >= 4 is 29.4 Å². The molecule has 1 aromatic carbocycles. The Morgan fingerprint density at radius 1 is 1.17 bits per heavy atom. The number of likely N-dealkylation sites (N-methyl/N-ethyl adjacent to an activating group) is 1. The Morgan fingerprint density at radius 3 is 2.57 bits per heavy atom. The maximum atomic E-state index is 14.3. The van der Waals surface area contributed by atoms with Crippen molar-refractivity contribution in [1.29, 1.82) is 0 Å². The average Bonchev–Trinajstić information content (AvgIpc) is 3.21. The first-order valence-corrected chi connectivity index (χ1v) is 10.2. The summed E-state index contributed by atoms with van der Waals surface area (Å²) in [6.45, 7) is 6.20. The Labute approximate surface area is 176 Å². The molecular formula is C22H27FN6O. The molecule has 2 aliphatic rings. The number of halogens is 1. The number of benzene rings is 1. The lowest BCUT2D eigenvalue weighted by atomic mass is 9.99. The number of carbonyl (C=O) groups excluding carboxylic acids is 1. The molecule has 0 radical (unpaired) electrons. The normalized spacial score (nSPS) is 18.4. The topological polar surface area (TPSA) is 73.4 Å². The van der Waals surface area contributed by atoms with Crippen molar-refractivity contribution in [1.82, 2.24) is 14.9 Å². The minimum absolute atomic E-state index is 0.0223. The fraction of sp³-hybridized carbons (Fsp3) is 0.409. The third-order valence-corrected chi connectivity index (χ3v) is 5.76. The third kappa shape index (κ3) is 4.28. The van der Waals surface area contributed by atoms with E-state index in [1.165, 1.54) is 5.69 Å². The summed E-state index contributed by atoms with van der Waals surface area (Å²) in [7, 11) is 2.14. The number of aromatic nitrogens is 2. The largest absolute Gasteiger partial charge is 0.369 e. The van der Waals surface area contributed by atoms with E-state index in [1.807, 2.05) is 24.3 Å². The van der Waals surface area contributed by atoms with Gasteiger partial charge in [0.05, 0.1) is 6.20 Å². The lowest BCUT2D eigenvalue weighted by Gasteiger charge is -2.35.